The van der Waals surface area contributed by atoms with Gasteiger partial charge >= 0.3 is 6.03 Å². The number of likely N-dealkylation sites (tertiary alicyclic amines) is 1. The lowest BCUT2D eigenvalue weighted by Gasteiger charge is -2.36. The molecule has 1 N–H and O–H groups in total. The molecule has 4 rings (SSSR count). The zero-order valence-electron chi connectivity index (χ0n) is 18.1. The van der Waals surface area contributed by atoms with Crippen molar-refractivity contribution < 1.29 is 9.59 Å². The summed E-state index contributed by atoms with van der Waals surface area (Å²) in [5.74, 6) is 0.223. The molecule has 3 amide bonds. The number of carbonyl (C=O) groups is 2. The summed E-state index contributed by atoms with van der Waals surface area (Å²) in [5.41, 5.74) is 1.96. The van der Waals surface area contributed by atoms with Gasteiger partial charge in [0.1, 0.15) is 12.7 Å². The first-order valence-corrected chi connectivity index (χ1v) is 11.1. The van der Waals surface area contributed by atoms with Crippen LogP contribution in [0.3, 0.4) is 0 Å². The van der Waals surface area contributed by atoms with Gasteiger partial charge in [0, 0.05) is 39.3 Å². The van der Waals surface area contributed by atoms with Gasteiger partial charge in [0.25, 0.3) is 0 Å². The molecule has 1 unspecified atom stereocenters. The van der Waals surface area contributed by atoms with Gasteiger partial charge in [-0.2, -0.15) is 5.10 Å². The number of nitrogens with zero attached hydrogens (tertiary/aromatic N) is 6. The molecule has 0 saturated carbocycles. The minimum atomic E-state index is -0.101. The molecule has 9 nitrogen and oxygen atoms in total. The molecular formula is C22H31N7O2. The minimum Gasteiger partial charge on any atom is -0.342 e. The summed E-state index contributed by atoms with van der Waals surface area (Å²) in [6.45, 7) is 6.95. The van der Waals surface area contributed by atoms with Gasteiger partial charge in [0.05, 0.1) is 18.3 Å². The molecule has 31 heavy (non-hydrogen) atoms. The Hall–Kier alpha value is -2.94. The van der Waals surface area contributed by atoms with Crippen LogP contribution in [0, 0.1) is 0 Å². The Morgan fingerprint density at radius 1 is 0.968 bits per heavy atom. The van der Waals surface area contributed by atoms with Gasteiger partial charge in [-0.15, -0.1) is 0 Å². The first kappa shape index (κ1) is 21.3. The maximum Gasteiger partial charge on any atom is 0.317 e. The van der Waals surface area contributed by atoms with E-state index >= 15 is 0 Å². The normalized spacial score (nSPS) is 18.6. The predicted molar refractivity (Wildman–Crippen MR) is 117 cm³/mol. The van der Waals surface area contributed by atoms with Crippen molar-refractivity contribution in [1.29, 1.82) is 0 Å². The standard InChI is InChI=1S/C22H31N7O2/c1-18(19-5-7-20(8-6-19)29-17-23-16-24-29)25-22(31)28-13-11-26(12-14-28)15-21(30)27-9-3-2-4-10-27/h5-8,16-18H,2-4,9-15H2,1H3,(H,25,31). The Labute approximate surface area is 183 Å². The topological polar surface area (TPSA) is 86.6 Å². The number of piperazine rings is 1. The first-order valence-electron chi connectivity index (χ1n) is 11.1. The van der Waals surface area contributed by atoms with E-state index in [1.165, 1.54) is 12.7 Å². The largest absolute Gasteiger partial charge is 0.342 e. The molecule has 2 aliphatic heterocycles. The van der Waals surface area contributed by atoms with Crippen LogP contribution in [0.15, 0.2) is 36.9 Å². The van der Waals surface area contributed by atoms with Crippen LogP contribution in [0.2, 0.25) is 0 Å². The highest BCUT2D eigenvalue weighted by atomic mass is 16.2. The molecule has 1 aromatic heterocycles. The average Bonchev–Trinajstić information content (AvgIpc) is 3.35. The molecule has 0 bridgehead atoms. The Morgan fingerprint density at radius 2 is 1.68 bits per heavy atom. The van der Waals surface area contributed by atoms with Gasteiger partial charge in [-0.3, -0.25) is 9.69 Å². The number of amides is 3. The lowest BCUT2D eigenvalue weighted by molar-refractivity contribution is -0.133. The zero-order chi connectivity index (χ0) is 21.6. The summed E-state index contributed by atoms with van der Waals surface area (Å²) in [6.07, 6.45) is 6.60. The number of urea groups is 1. The fourth-order valence-electron chi connectivity index (χ4n) is 4.16. The number of carbonyl (C=O) groups excluding carboxylic acids is 2. The van der Waals surface area contributed by atoms with Crippen LogP contribution in [0.5, 0.6) is 0 Å². The summed E-state index contributed by atoms with van der Waals surface area (Å²) >= 11 is 0. The monoisotopic (exact) mass is 425 g/mol. The minimum absolute atomic E-state index is 0.0603. The van der Waals surface area contributed by atoms with Crippen LogP contribution in [0.1, 0.15) is 37.8 Å². The number of aromatic nitrogens is 3. The molecule has 0 spiro atoms. The van der Waals surface area contributed by atoms with Gasteiger partial charge in [-0.25, -0.2) is 14.5 Å². The van der Waals surface area contributed by atoms with Crippen molar-refractivity contribution in [2.75, 3.05) is 45.8 Å². The zero-order valence-corrected chi connectivity index (χ0v) is 18.1. The Bertz CT molecular complexity index is 854. The summed E-state index contributed by atoms with van der Waals surface area (Å²) in [5, 5.41) is 7.21. The van der Waals surface area contributed by atoms with E-state index in [2.05, 4.69) is 20.3 Å². The second-order valence-electron chi connectivity index (χ2n) is 8.31. The van der Waals surface area contributed by atoms with Crippen LogP contribution in [0.4, 0.5) is 4.79 Å². The van der Waals surface area contributed by atoms with E-state index in [9.17, 15) is 9.59 Å². The molecule has 1 atom stereocenters. The molecule has 0 aliphatic carbocycles. The summed E-state index contributed by atoms with van der Waals surface area (Å²) in [7, 11) is 0. The van der Waals surface area contributed by atoms with E-state index in [-0.39, 0.29) is 18.0 Å². The molecule has 166 valence electrons. The number of nitrogens with one attached hydrogen (secondary N) is 1. The lowest BCUT2D eigenvalue weighted by Crippen LogP contribution is -2.54. The molecule has 1 aromatic carbocycles. The maximum absolute atomic E-state index is 12.7. The van der Waals surface area contributed by atoms with Crippen LogP contribution in [0.25, 0.3) is 5.69 Å². The van der Waals surface area contributed by atoms with Crippen molar-refractivity contribution in [2.45, 2.75) is 32.2 Å². The smallest absolute Gasteiger partial charge is 0.317 e. The van der Waals surface area contributed by atoms with Crippen molar-refractivity contribution in [3.63, 3.8) is 0 Å². The molecule has 2 saturated heterocycles. The quantitative estimate of drug-likeness (QED) is 0.788. The van der Waals surface area contributed by atoms with Gasteiger partial charge in [0.15, 0.2) is 0 Å². The van der Waals surface area contributed by atoms with Gasteiger partial charge < -0.3 is 15.1 Å². The van der Waals surface area contributed by atoms with Crippen molar-refractivity contribution in [2.24, 2.45) is 0 Å². The maximum atomic E-state index is 12.7. The second-order valence-corrected chi connectivity index (χ2v) is 8.31. The Morgan fingerprint density at radius 3 is 2.32 bits per heavy atom. The third-order valence-corrected chi connectivity index (χ3v) is 6.14. The van der Waals surface area contributed by atoms with Crippen LogP contribution in [-0.2, 0) is 4.79 Å². The van der Waals surface area contributed by atoms with Crippen LogP contribution >= 0.6 is 0 Å². The summed E-state index contributed by atoms with van der Waals surface area (Å²) < 4.78 is 1.70. The predicted octanol–water partition coefficient (Wildman–Crippen LogP) is 1.67. The highest BCUT2D eigenvalue weighted by Gasteiger charge is 2.25. The fraction of sp³-hybridized carbons (Fsp3) is 0.545. The fourth-order valence-corrected chi connectivity index (χ4v) is 4.16. The van der Waals surface area contributed by atoms with Crippen LogP contribution in [-0.4, -0.2) is 87.2 Å². The number of hydrogen-bond acceptors (Lipinski definition) is 5. The van der Waals surface area contributed by atoms with E-state index in [1.54, 1.807) is 11.0 Å². The molecule has 0 radical (unpaired) electrons. The van der Waals surface area contributed by atoms with E-state index in [1.807, 2.05) is 41.0 Å². The third kappa shape index (κ3) is 5.41. The Balaban J connectivity index is 1.22. The highest BCUT2D eigenvalue weighted by molar-refractivity contribution is 5.78. The molecule has 9 heteroatoms. The Kier molecular flexibility index (Phi) is 6.81. The van der Waals surface area contributed by atoms with Crippen molar-refractivity contribution in [3.8, 4) is 5.69 Å². The van der Waals surface area contributed by atoms with E-state index in [0.717, 1.165) is 50.3 Å². The summed E-state index contributed by atoms with van der Waals surface area (Å²) in [6, 6.07) is 7.75. The van der Waals surface area contributed by atoms with E-state index < -0.39 is 0 Å². The number of hydrogen-bond donors (Lipinski definition) is 1. The molecule has 3 heterocycles. The van der Waals surface area contributed by atoms with Crippen molar-refractivity contribution >= 4 is 11.9 Å². The highest BCUT2D eigenvalue weighted by Crippen LogP contribution is 2.16. The van der Waals surface area contributed by atoms with Crippen molar-refractivity contribution in [1.82, 2.24) is 34.8 Å². The number of piperidine rings is 1. The molecule has 2 aromatic rings. The molecule has 2 fully saturated rings. The van der Waals surface area contributed by atoms with Gasteiger partial charge in [0.2, 0.25) is 5.91 Å². The second kappa shape index (κ2) is 9.91. The molecular weight excluding hydrogens is 394 g/mol. The first-order chi connectivity index (χ1) is 15.1. The van der Waals surface area contributed by atoms with Gasteiger partial charge in [-0.05, 0) is 43.9 Å². The summed E-state index contributed by atoms with van der Waals surface area (Å²) in [4.78, 5) is 35.1. The van der Waals surface area contributed by atoms with E-state index in [4.69, 9.17) is 0 Å². The van der Waals surface area contributed by atoms with Gasteiger partial charge in [-0.1, -0.05) is 12.1 Å². The van der Waals surface area contributed by atoms with Crippen LogP contribution < -0.4 is 5.32 Å². The SMILES string of the molecule is CC(NC(=O)N1CCN(CC(=O)N2CCCCC2)CC1)c1ccc(-n2cncn2)cc1. The number of rotatable bonds is 5. The average molecular weight is 426 g/mol. The van der Waals surface area contributed by atoms with Crippen molar-refractivity contribution in [3.05, 3.63) is 42.5 Å². The van der Waals surface area contributed by atoms with E-state index in [0.29, 0.717) is 19.6 Å². The lowest BCUT2D eigenvalue weighted by atomic mass is 10.1. The third-order valence-electron chi connectivity index (χ3n) is 6.14. The number of benzene rings is 1. The molecule has 2 aliphatic rings.